The molecule has 1 rings (SSSR count). The molecule has 3 nitrogen and oxygen atoms in total. The van der Waals surface area contributed by atoms with Crippen LogP contribution in [-0.2, 0) is 11.2 Å². The van der Waals surface area contributed by atoms with Crippen molar-refractivity contribution in [2.75, 3.05) is 6.54 Å². The van der Waals surface area contributed by atoms with Gasteiger partial charge in [0.05, 0.1) is 0 Å². The van der Waals surface area contributed by atoms with Crippen molar-refractivity contribution in [2.24, 2.45) is 11.7 Å². The van der Waals surface area contributed by atoms with Crippen LogP contribution in [0.25, 0.3) is 0 Å². The molecule has 0 aliphatic carbocycles. The van der Waals surface area contributed by atoms with Crippen molar-refractivity contribution in [1.82, 2.24) is 5.32 Å². The van der Waals surface area contributed by atoms with Gasteiger partial charge in [-0.15, -0.1) is 11.3 Å². The molecule has 0 fully saturated rings. The van der Waals surface area contributed by atoms with Gasteiger partial charge in [0.15, 0.2) is 0 Å². The van der Waals surface area contributed by atoms with Crippen LogP contribution in [0.1, 0.15) is 44.4 Å². The number of carbonyl (C=O) groups is 1. The van der Waals surface area contributed by atoms with Crippen LogP contribution in [0.3, 0.4) is 0 Å². The summed E-state index contributed by atoms with van der Waals surface area (Å²) in [6, 6.07) is 4.37. The normalized spacial score (nSPS) is 14.1. The lowest BCUT2D eigenvalue weighted by Crippen LogP contribution is -2.34. The molecule has 0 radical (unpaired) electrons. The summed E-state index contributed by atoms with van der Waals surface area (Å²) >= 11 is 1.74. The first-order chi connectivity index (χ1) is 9.15. The van der Waals surface area contributed by atoms with Gasteiger partial charge in [-0.25, -0.2) is 0 Å². The minimum Gasteiger partial charge on any atom is -0.353 e. The lowest BCUT2D eigenvalue weighted by Gasteiger charge is -2.16. The zero-order chi connectivity index (χ0) is 14.1. The third-order valence-electron chi connectivity index (χ3n) is 3.43. The van der Waals surface area contributed by atoms with Gasteiger partial charge in [-0.1, -0.05) is 19.4 Å². The number of hydrogen-bond donors (Lipinski definition) is 2. The molecule has 1 amide bonds. The minimum atomic E-state index is 0.166. The fraction of sp³-hybridized carbons (Fsp3) is 0.667. The number of hydrogen-bond acceptors (Lipinski definition) is 3. The molecule has 2 unspecified atom stereocenters. The highest BCUT2D eigenvalue weighted by Gasteiger charge is 2.11. The second kappa shape index (κ2) is 9.10. The Bertz CT molecular complexity index is 351. The lowest BCUT2D eigenvalue weighted by atomic mass is 9.96. The summed E-state index contributed by atoms with van der Waals surface area (Å²) in [5.74, 6) is 0.753. The highest BCUT2D eigenvalue weighted by molar-refractivity contribution is 7.09. The van der Waals surface area contributed by atoms with Crippen LogP contribution >= 0.6 is 11.3 Å². The summed E-state index contributed by atoms with van der Waals surface area (Å²) in [7, 11) is 0. The van der Waals surface area contributed by atoms with Crippen molar-refractivity contribution >= 4 is 17.2 Å². The minimum absolute atomic E-state index is 0.166. The van der Waals surface area contributed by atoms with Gasteiger partial charge in [0.25, 0.3) is 0 Å². The van der Waals surface area contributed by atoms with Gasteiger partial charge in [0, 0.05) is 23.8 Å². The molecule has 0 bridgehead atoms. The second-order valence-corrected chi connectivity index (χ2v) is 6.17. The summed E-state index contributed by atoms with van der Waals surface area (Å²) in [5, 5.41) is 5.15. The van der Waals surface area contributed by atoms with Crippen LogP contribution in [0.2, 0.25) is 0 Å². The van der Waals surface area contributed by atoms with E-state index in [4.69, 9.17) is 5.73 Å². The molecule has 1 aromatic rings. The summed E-state index contributed by atoms with van der Waals surface area (Å²) in [4.78, 5) is 13.2. The number of nitrogens with one attached hydrogen (secondary N) is 1. The third-order valence-corrected chi connectivity index (χ3v) is 4.33. The van der Waals surface area contributed by atoms with Crippen molar-refractivity contribution in [3.63, 3.8) is 0 Å². The van der Waals surface area contributed by atoms with E-state index in [2.05, 4.69) is 30.6 Å². The Morgan fingerprint density at radius 1 is 1.47 bits per heavy atom. The predicted molar refractivity (Wildman–Crippen MR) is 82.3 cm³/mol. The van der Waals surface area contributed by atoms with Crippen LogP contribution in [0, 0.1) is 5.92 Å². The summed E-state index contributed by atoms with van der Waals surface area (Å²) < 4.78 is 0. The van der Waals surface area contributed by atoms with E-state index in [1.165, 1.54) is 4.88 Å². The zero-order valence-electron chi connectivity index (χ0n) is 12.0. The first kappa shape index (κ1) is 16.2. The van der Waals surface area contributed by atoms with E-state index in [0.717, 1.165) is 32.2 Å². The molecule has 0 saturated heterocycles. The lowest BCUT2D eigenvalue weighted by molar-refractivity contribution is -0.122. The molecule has 1 aromatic heterocycles. The predicted octanol–water partition coefficient (Wildman–Crippen LogP) is 2.95. The van der Waals surface area contributed by atoms with Crippen molar-refractivity contribution in [1.29, 1.82) is 0 Å². The first-order valence-corrected chi connectivity index (χ1v) is 8.05. The van der Waals surface area contributed by atoms with E-state index < -0.39 is 0 Å². The van der Waals surface area contributed by atoms with Gasteiger partial charge in [-0.05, 0) is 43.7 Å². The van der Waals surface area contributed by atoms with E-state index in [1.807, 2.05) is 6.07 Å². The summed E-state index contributed by atoms with van der Waals surface area (Å²) in [6.45, 7) is 4.95. The van der Waals surface area contributed by atoms with Crippen molar-refractivity contribution in [3.05, 3.63) is 22.4 Å². The van der Waals surface area contributed by atoms with Gasteiger partial charge in [0.2, 0.25) is 5.91 Å². The molecular formula is C15H26N2OS. The van der Waals surface area contributed by atoms with Gasteiger partial charge < -0.3 is 11.1 Å². The van der Waals surface area contributed by atoms with Crippen molar-refractivity contribution in [2.45, 2.75) is 52.0 Å². The Morgan fingerprint density at radius 3 is 2.84 bits per heavy atom. The number of rotatable bonds is 9. The molecule has 108 valence electrons. The summed E-state index contributed by atoms with van der Waals surface area (Å²) in [6.07, 6.45) is 4.62. The molecule has 0 aromatic carbocycles. The van der Waals surface area contributed by atoms with Crippen LogP contribution in [0.4, 0.5) is 0 Å². The number of carbonyl (C=O) groups excluding carboxylic acids is 1. The topological polar surface area (TPSA) is 55.1 Å². The van der Waals surface area contributed by atoms with Gasteiger partial charge in [-0.3, -0.25) is 4.79 Å². The van der Waals surface area contributed by atoms with Crippen LogP contribution < -0.4 is 11.1 Å². The number of amides is 1. The van der Waals surface area contributed by atoms with Crippen LogP contribution in [-0.4, -0.2) is 18.5 Å². The van der Waals surface area contributed by atoms with Gasteiger partial charge >= 0.3 is 0 Å². The second-order valence-electron chi connectivity index (χ2n) is 5.14. The Labute approximate surface area is 120 Å². The smallest absolute Gasteiger partial charge is 0.220 e. The summed E-state index contributed by atoms with van der Waals surface area (Å²) in [5.41, 5.74) is 5.57. The highest BCUT2D eigenvalue weighted by Crippen LogP contribution is 2.15. The molecule has 2 atom stereocenters. The maximum absolute atomic E-state index is 11.9. The van der Waals surface area contributed by atoms with E-state index in [-0.39, 0.29) is 11.9 Å². The van der Waals surface area contributed by atoms with E-state index in [1.54, 1.807) is 11.3 Å². The fourth-order valence-corrected chi connectivity index (χ4v) is 3.09. The maximum Gasteiger partial charge on any atom is 0.220 e. The Balaban J connectivity index is 2.22. The number of thiophene rings is 1. The molecule has 0 spiro atoms. The number of nitrogens with two attached hydrogens (primary N) is 1. The molecule has 19 heavy (non-hydrogen) atoms. The van der Waals surface area contributed by atoms with Crippen molar-refractivity contribution < 1.29 is 4.79 Å². The fourth-order valence-electron chi connectivity index (χ4n) is 2.25. The molecule has 0 aliphatic heterocycles. The van der Waals surface area contributed by atoms with Crippen LogP contribution in [0.5, 0.6) is 0 Å². The monoisotopic (exact) mass is 282 g/mol. The van der Waals surface area contributed by atoms with Crippen LogP contribution in [0.15, 0.2) is 17.5 Å². The molecule has 4 heteroatoms. The van der Waals surface area contributed by atoms with Crippen molar-refractivity contribution in [3.8, 4) is 0 Å². The Hall–Kier alpha value is -0.870. The highest BCUT2D eigenvalue weighted by atomic mass is 32.1. The van der Waals surface area contributed by atoms with Gasteiger partial charge in [0.1, 0.15) is 0 Å². The molecule has 1 heterocycles. The van der Waals surface area contributed by atoms with E-state index in [0.29, 0.717) is 12.3 Å². The molecule has 0 aliphatic rings. The third kappa shape index (κ3) is 6.73. The molecule has 0 saturated carbocycles. The van der Waals surface area contributed by atoms with E-state index in [9.17, 15) is 4.79 Å². The Kier molecular flexibility index (Phi) is 7.75. The standard InChI is InChI=1S/C15H26N2OS/c1-3-13(8-9-16)6-7-15(18)17-12(2)11-14-5-4-10-19-14/h4-5,10,12-13H,3,6-9,11,16H2,1-2H3,(H,17,18). The average Bonchev–Trinajstić information content (AvgIpc) is 2.86. The first-order valence-electron chi connectivity index (χ1n) is 7.17. The molecular weight excluding hydrogens is 256 g/mol. The maximum atomic E-state index is 11.9. The Morgan fingerprint density at radius 2 is 2.26 bits per heavy atom. The largest absolute Gasteiger partial charge is 0.353 e. The SMILES string of the molecule is CCC(CCN)CCC(=O)NC(C)Cc1cccs1. The molecule has 3 N–H and O–H groups in total. The van der Waals surface area contributed by atoms with Gasteiger partial charge in [-0.2, -0.15) is 0 Å². The quantitative estimate of drug-likeness (QED) is 0.731. The van der Waals surface area contributed by atoms with E-state index >= 15 is 0 Å². The zero-order valence-corrected chi connectivity index (χ0v) is 12.8. The average molecular weight is 282 g/mol.